The van der Waals surface area contributed by atoms with Crippen LogP contribution in [0.2, 0.25) is 0 Å². The number of nitrogens with two attached hydrogens (primary N) is 5. The fraction of sp³-hybridized carbons (Fsp3) is 0.534. The molecule has 0 aliphatic carbocycles. The van der Waals surface area contributed by atoms with Gasteiger partial charge in [0.2, 0.25) is 70.9 Å². The molecule has 0 unspecified atom stereocenters. The highest BCUT2D eigenvalue weighted by atomic mass is 33.1. The predicted molar refractivity (Wildman–Crippen MR) is 479 cm³/mol. The van der Waals surface area contributed by atoms with Gasteiger partial charge in [0.1, 0.15) is 54.6 Å². The molecule has 4 aromatic carbocycles. The molecule has 24 N–H and O–H groups in total. The Morgan fingerprint density at radius 1 is 0.598 bits per heavy atom. The van der Waals surface area contributed by atoms with Crippen molar-refractivity contribution in [1.29, 1.82) is 0 Å². The number of Topliss-reactive ketones (excluding diaryl/α,β-unsaturated/α-hetero) is 4. The molecule has 37 nitrogen and oxygen atoms in total. The number of H-pyrrole nitrogens is 1. The van der Waals surface area contributed by atoms with E-state index in [0.717, 1.165) is 58.7 Å². The number of urea groups is 1. The second-order valence-corrected chi connectivity index (χ2v) is 37.1. The summed E-state index contributed by atoms with van der Waals surface area (Å²) >= 11 is 0. The number of primary amides is 3. The Morgan fingerprint density at radius 2 is 1.23 bits per heavy atom. The fourth-order valence-corrected chi connectivity index (χ4v) is 17.6. The van der Waals surface area contributed by atoms with E-state index in [-0.39, 0.29) is 96.5 Å². The summed E-state index contributed by atoms with van der Waals surface area (Å²) in [6, 6.07) is 8.72. The van der Waals surface area contributed by atoms with Gasteiger partial charge in [0.05, 0.1) is 42.5 Å². The van der Waals surface area contributed by atoms with Gasteiger partial charge < -0.3 is 107 Å². The van der Waals surface area contributed by atoms with Gasteiger partial charge in [0.15, 0.2) is 23.1 Å². The number of aliphatic hydroxyl groups excluding tert-OH is 2. The lowest BCUT2D eigenvalue weighted by Gasteiger charge is -2.39. The highest BCUT2D eigenvalue weighted by Crippen LogP contribution is 2.47. The lowest BCUT2D eigenvalue weighted by atomic mass is 9.77. The van der Waals surface area contributed by atoms with Gasteiger partial charge in [-0.2, -0.15) is 0 Å². The molecule has 0 saturated carbocycles. The summed E-state index contributed by atoms with van der Waals surface area (Å²) in [5.74, 6) is -16.9. The summed E-state index contributed by atoms with van der Waals surface area (Å²) in [4.78, 5) is 246. The van der Waals surface area contributed by atoms with Gasteiger partial charge in [0, 0.05) is 98.1 Å². The Hall–Kier alpha value is -11.4. The maximum absolute atomic E-state index is 16.4. The number of aliphatic hydroxyl groups is 2. The molecule has 0 bridgehead atoms. The normalized spacial score (nSPS) is 19.5. The van der Waals surface area contributed by atoms with Crippen molar-refractivity contribution in [2.75, 3.05) is 39.4 Å². The summed E-state index contributed by atoms with van der Waals surface area (Å²) in [5.41, 5.74) is 29.7. The molecule has 0 radical (unpaired) electrons. The third-order valence-electron chi connectivity index (χ3n) is 22.0. The number of nitrogens with one attached hydrogen (secondary N) is 12. The van der Waals surface area contributed by atoms with Crippen molar-refractivity contribution in [2.24, 2.45) is 45.9 Å². The van der Waals surface area contributed by atoms with Gasteiger partial charge in [-0.25, -0.2) is 4.79 Å². The average Bonchev–Trinajstić information content (AvgIpc) is 1.56. The summed E-state index contributed by atoms with van der Waals surface area (Å²) in [7, 11) is 1.85. The Labute approximate surface area is 745 Å². The van der Waals surface area contributed by atoms with E-state index in [1.54, 1.807) is 68.6 Å². The zero-order valence-corrected chi connectivity index (χ0v) is 75.2. The SMILES string of the molecule is CC(=O)NCCCC[C@H](NC(=O)[C@](C)(CCCCN)CC(=O)[C@H](Cc1ccc2ccccc2c1)NC(=O)[C@@H](CC(=O)[C@H]1NC(=O)[C@H](CCCNC(N)=O)NC(=O)[C@H](Cc2c[nH]c3c(C)cccc23)NC(=O)[C@H]([C@@H](C)O)NC(=O)[C@H](CC(N)=O)NC(=O)[C@@H](NC(C)=O)C(C)(C)SSC1(C)C)Cc1ccc(OCCN)cc1)C(=O)C[C@@H](CC(N)=O)C(=O)N[C@H](CO)C(C)=O. The van der Waals surface area contributed by atoms with Crippen LogP contribution >= 0.6 is 21.6 Å². The van der Waals surface area contributed by atoms with Gasteiger partial charge in [-0.15, -0.1) is 0 Å². The number of unbranched alkanes of at least 4 members (excludes halogenated alkanes) is 2. The first-order chi connectivity index (χ1) is 59.9. The Balaban J connectivity index is 1.54. The van der Waals surface area contributed by atoms with Crippen molar-refractivity contribution in [3.8, 4) is 5.75 Å². The van der Waals surface area contributed by atoms with Gasteiger partial charge in [0.25, 0.3) is 0 Å². The third-order valence-corrected chi connectivity index (χ3v) is 26.2. The summed E-state index contributed by atoms with van der Waals surface area (Å²) < 4.78 is 2.65. The first-order valence-electron chi connectivity index (χ1n) is 42.3. The Bertz CT molecular complexity index is 4760. The largest absolute Gasteiger partial charge is 0.492 e. The van der Waals surface area contributed by atoms with Crippen LogP contribution in [0.25, 0.3) is 21.7 Å². The standard InChI is InChI=1S/C88H125N17O20S2/c1-48-19-17-22-61-59(46-96-73(48)61)40-65-80(119)98-63(24-18-35-95-85(93)124)79(118)105-75(86(6,7)126-127-87(8,9)76(97-52(5)110)83(122)101-66(44-72(92)115)81(120)104-74(50(3)108)82(121)100-65)69(112)42-57(37-53-26-29-60(30-27-53)125-36-33-90)77(116)99-64(39-54-25-28-55-20-11-12-21-56(55)38-54)70(113)45-88(10,31-14-15-32-89)84(123)103-62(23-13-16-34-94-51(4)109)68(111)41-58(43-71(91)114)78(117)102-67(47-106)49(2)107/h11-12,17,19-22,25-30,38,46,50,57-58,62-67,74-76,96,106,108H,13-16,18,23-24,31-37,39-45,47,89-90H2,1-10H3,(H2,91,114)(H2,92,115)(H,94,109)(H,97,110)(H,98,119)(H,99,116)(H,100,121)(H,101,122)(H,102,117)(H,103,123)(H,104,120)(H,105,118)(H3,93,95,124)/t50-,57-,58+,62+,63+,64+,65+,66+,67-,74+,75-,76-,88-/m1/s1. The number of carbonyl (C=O) groups is 17. The summed E-state index contributed by atoms with van der Waals surface area (Å²) in [6.45, 7) is 13.8. The van der Waals surface area contributed by atoms with Crippen LogP contribution in [0.1, 0.15) is 168 Å². The first kappa shape index (κ1) is 104. The van der Waals surface area contributed by atoms with Crippen LogP contribution in [0.5, 0.6) is 5.75 Å². The van der Waals surface area contributed by atoms with Crippen LogP contribution in [0.15, 0.2) is 91.1 Å². The molecule has 1 saturated heterocycles. The molecule has 13 atom stereocenters. The smallest absolute Gasteiger partial charge is 0.312 e. The number of fused-ring (bicyclic) bond motifs is 2. The fourth-order valence-electron chi connectivity index (χ4n) is 14.8. The number of ketones is 4. The van der Waals surface area contributed by atoms with Crippen molar-refractivity contribution >= 4 is 143 Å². The van der Waals surface area contributed by atoms with Crippen molar-refractivity contribution < 1.29 is 96.5 Å². The van der Waals surface area contributed by atoms with E-state index in [9.17, 15) is 63.0 Å². The van der Waals surface area contributed by atoms with Gasteiger partial charge in [-0.3, -0.25) is 76.7 Å². The minimum atomic E-state index is -1.93. The van der Waals surface area contributed by atoms with E-state index in [4.69, 9.17) is 33.4 Å². The molecular formula is C88H125N17O20S2. The van der Waals surface area contributed by atoms with Crippen molar-refractivity contribution in [1.82, 2.24) is 63.5 Å². The van der Waals surface area contributed by atoms with Gasteiger partial charge >= 0.3 is 6.03 Å². The maximum Gasteiger partial charge on any atom is 0.312 e. The summed E-state index contributed by atoms with van der Waals surface area (Å²) in [6.07, 6.45) is -4.08. The Morgan fingerprint density at radius 3 is 1.86 bits per heavy atom. The molecule has 1 aromatic heterocycles. The Kier molecular flexibility index (Phi) is 40.8. The lowest BCUT2D eigenvalue weighted by Crippen LogP contribution is -2.63. The molecule has 1 aliphatic heterocycles. The number of amides is 14. The third kappa shape index (κ3) is 32.8. The zero-order chi connectivity index (χ0) is 94.2. The number of carbonyl (C=O) groups excluding carboxylic acids is 17. The number of aryl methyl sites for hydroxylation is 1. The number of ether oxygens (including phenoxy) is 1. The van der Waals surface area contributed by atoms with Crippen molar-refractivity contribution in [2.45, 2.75) is 242 Å². The molecule has 1 fully saturated rings. The molecule has 127 heavy (non-hydrogen) atoms. The molecule has 39 heteroatoms. The number of hydrogen-bond donors (Lipinski definition) is 19. The van der Waals surface area contributed by atoms with Crippen LogP contribution in [-0.2, 0) is 96.0 Å². The molecule has 14 amide bonds. The first-order valence-corrected chi connectivity index (χ1v) is 44.5. The zero-order valence-electron chi connectivity index (χ0n) is 73.6. The number of para-hydroxylation sites is 1. The topological polar surface area (TPSA) is 618 Å². The van der Waals surface area contributed by atoms with Gasteiger partial charge in [-0.05, 0) is 158 Å². The lowest BCUT2D eigenvalue weighted by molar-refractivity contribution is -0.140. The molecule has 2 heterocycles. The van der Waals surface area contributed by atoms with Crippen LogP contribution in [-0.4, -0.2) is 225 Å². The molecule has 0 spiro atoms. The second-order valence-electron chi connectivity index (χ2n) is 33.6. The summed E-state index contributed by atoms with van der Waals surface area (Å²) in [5, 5.41) is 52.4. The molecular weight excluding hydrogens is 1680 g/mol. The molecule has 5 aromatic rings. The minimum absolute atomic E-state index is 0.0427. The highest BCUT2D eigenvalue weighted by molar-refractivity contribution is 8.77. The van der Waals surface area contributed by atoms with E-state index in [1.165, 1.54) is 27.7 Å². The molecule has 694 valence electrons. The maximum atomic E-state index is 16.4. The number of hydrogen-bond acceptors (Lipinski definition) is 24. The number of aromatic amines is 1. The van der Waals surface area contributed by atoms with Gasteiger partial charge in [-0.1, -0.05) is 108 Å². The quantitative estimate of drug-likeness (QED) is 0.0191. The van der Waals surface area contributed by atoms with E-state index in [0.29, 0.717) is 46.2 Å². The number of rotatable bonds is 45. The monoisotopic (exact) mass is 1800 g/mol. The highest BCUT2D eigenvalue weighted by Gasteiger charge is 2.47. The minimum Gasteiger partial charge on any atom is -0.492 e. The van der Waals surface area contributed by atoms with Crippen LogP contribution in [0.3, 0.4) is 0 Å². The van der Waals surface area contributed by atoms with E-state index in [2.05, 4.69) is 63.5 Å². The van der Waals surface area contributed by atoms with E-state index < -0.39 is 220 Å². The number of benzene rings is 4. The average molecular weight is 1810 g/mol. The van der Waals surface area contributed by atoms with Crippen molar-refractivity contribution in [3.63, 3.8) is 0 Å². The van der Waals surface area contributed by atoms with E-state index >= 15 is 28.8 Å². The van der Waals surface area contributed by atoms with E-state index in [1.807, 2.05) is 43.3 Å². The molecule has 6 rings (SSSR count). The van der Waals surface area contributed by atoms with Crippen LogP contribution < -0.4 is 91.9 Å². The van der Waals surface area contributed by atoms with Crippen LogP contribution in [0, 0.1) is 24.2 Å². The molecule has 1 aliphatic rings. The van der Waals surface area contributed by atoms with Crippen LogP contribution in [0.4, 0.5) is 4.79 Å². The van der Waals surface area contributed by atoms with Crippen molar-refractivity contribution in [3.05, 3.63) is 113 Å². The number of aromatic nitrogens is 1. The predicted octanol–water partition coefficient (Wildman–Crippen LogP) is 1.04. The second kappa shape index (κ2) is 49.7.